The standard InChI is InChI=1S/C17H17N3O2S/c21-11-16-15(19-17(23-16)20-5-7-22-8-6-20)10-12-1-2-13-3-4-18-14(13)9-12/h1-4,9,11,18H,5-8,10H2. The van der Waals surface area contributed by atoms with E-state index in [1.807, 2.05) is 6.20 Å². The first-order valence-corrected chi connectivity index (χ1v) is 8.49. The van der Waals surface area contributed by atoms with Crippen LogP contribution < -0.4 is 4.90 Å². The zero-order valence-electron chi connectivity index (χ0n) is 12.6. The number of hydrogen-bond donors (Lipinski definition) is 1. The first-order chi connectivity index (χ1) is 11.3. The molecule has 1 aliphatic heterocycles. The van der Waals surface area contributed by atoms with Crippen molar-refractivity contribution in [2.24, 2.45) is 0 Å². The lowest BCUT2D eigenvalue weighted by molar-refractivity contribution is 0.112. The number of aromatic nitrogens is 2. The van der Waals surface area contributed by atoms with Crippen LogP contribution in [0.4, 0.5) is 5.13 Å². The Balaban J connectivity index is 1.61. The van der Waals surface area contributed by atoms with Gasteiger partial charge in [-0.25, -0.2) is 4.98 Å². The number of hydrogen-bond acceptors (Lipinski definition) is 5. The molecule has 0 bridgehead atoms. The number of carbonyl (C=O) groups excluding carboxylic acids is 1. The zero-order chi connectivity index (χ0) is 15.6. The lowest BCUT2D eigenvalue weighted by Crippen LogP contribution is -2.36. The molecule has 0 saturated carbocycles. The van der Waals surface area contributed by atoms with Gasteiger partial charge in [-0.1, -0.05) is 23.5 Å². The quantitative estimate of drug-likeness (QED) is 0.749. The molecule has 1 fully saturated rings. The Hall–Kier alpha value is -2.18. The van der Waals surface area contributed by atoms with E-state index < -0.39 is 0 Å². The molecule has 6 heteroatoms. The van der Waals surface area contributed by atoms with Crippen LogP contribution >= 0.6 is 11.3 Å². The van der Waals surface area contributed by atoms with E-state index in [-0.39, 0.29) is 0 Å². The summed E-state index contributed by atoms with van der Waals surface area (Å²) < 4.78 is 5.38. The van der Waals surface area contributed by atoms with Gasteiger partial charge in [-0.15, -0.1) is 0 Å². The second-order valence-corrected chi connectivity index (χ2v) is 6.61. The Morgan fingerprint density at radius 3 is 3.00 bits per heavy atom. The Morgan fingerprint density at radius 1 is 1.30 bits per heavy atom. The van der Waals surface area contributed by atoms with Gasteiger partial charge in [0.2, 0.25) is 0 Å². The van der Waals surface area contributed by atoms with E-state index in [1.54, 1.807) is 0 Å². The van der Waals surface area contributed by atoms with Gasteiger partial charge in [-0.05, 0) is 23.1 Å². The van der Waals surface area contributed by atoms with Crippen molar-refractivity contribution in [3.05, 3.63) is 46.6 Å². The van der Waals surface area contributed by atoms with Crippen molar-refractivity contribution in [3.8, 4) is 0 Å². The highest BCUT2D eigenvalue weighted by Gasteiger charge is 2.18. The molecule has 1 saturated heterocycles. The van der Waals surface area contributed by atoms with Crippen molar-refractivity contribution in [1.82, 2.24) is 9.97 Å². The fourth-order valence-electron chi connectivity index (χ4n) is 2.86. The second kappa shape index (κ2) is 6.14. The summed E-state index contributed by atoms with van der Waals surface area (Å²) >= 11 is 1.47. The number of nitrogens with one attached hydrogen (secondary N) is 1. The SMILES string of the molecule is O=Cc1sc(N2CCOCC2)nc1Cc1ccc2cc[nH]c2c1. The van der Waals surface area contributed by atoms with Gasteiger partial charge in [0.1, 0.15) is 0 Å². The molecule has 4 rings (SSSR count). The molecule has 1 aliphatic rings. The first-order valence-electron chi connectivity index (χ1n) is 7.67. The molecule has 5 nitrogen and oxygen atoms in total. The van der Waals surface area contributed by atoms with Gasteiger partial charge in [0.05, 0.1) is 23.8 Å². The lowest BCUT2D eigenvalue weighted by atomic mass is 10.1. The Bertz CT molecular complexity index is 833. The summed E-state index contributed by atoms with van der Waals surface area (Å²) in [5.74, 6) is 0. The highest BCUT2D eigenvalue weighted by Crippen LogP contribution is 2.28. The number of H-pyrrole nitrogens is 1. The average Bonchev–Trinajstić information content (AvgIpc) is 3.22. The summed E-state index contributed by atoms with van der Waals surface area (Å²) in [4.78, 5) is 22.3. The molecule has 1 N–H and O–H groups in total. The minimum atomic E-state index is 0.671. The number of benzene rings is 1. The lowest BCUT2D eigenvalue weighted by Gasteiger charge is -2.26. The number of carbonyl (C=O) groups is 1. The van der Waals surface area contributed by atoms with Crippen LogP contribution in [0.25, 0.3) is 10.9 Å². The largest absolute Gasteiger partial charge is 0.378 e. The van der Waals surface area contributed by atoms with Crippen LogP contribution in [0.15, 0.2) is 30.5 Å². The maximum Gasteiger partial charge on any atom is 0.186 e. The van der Waals surface area contributed by atoms with E-state index in [0.29, 0.717) is 6.42 Å². The van der Waals surface area contributed by atoms with Crippen LogP contribution in [0, 0.1) is 0 Å². The minimum Gasteiger partial charge on any atom is -0.378 e. The fraction of sp³-hybridized carbons (Fsp3) is 0.294. The minimum absolute atomic E-state index is 0.671. The highest BCUT2D eigenvalue weighted by molar-refractivity contribution is 7.17. The van der Waals surface area contributed by atoms with Gasteiger partial charge < -0.3 is 14.6 Å². The number of fused-ring (bicyclic) bond motifs is 1. The van der Waals surface area contributed by atoms with Crippen molar-refractivity contribution < 1.29 is 9.53 Å². The van der Waals surface area contributed by atoms with Crippen molar-refractivity contribution in [3.63, 3.8) is 0 Å². The van der Waals surface area contributed by atoms with Gasteiger partial charge in [0, 0.05) is 31.2 Å². The van der Waals surface area contributed by atoms with E-state index in [4.69, 9.17) is 9.72 Å². The molecular formula is C17H17N3O2S. The second-order valence-electron chi connectivity index (χ2n) is 5.60. The maximum absolute atomic E-state index is 11.4. The molecule has 3 aromatic rings. The molecule has 0 amide bonds. The summed E-state index contributed by atoms with van der Waals surface area (Å²) in [6, 6.07) is 8.36. The molecule has 23 heavy (non-hydrogen) atoms. The summed E-state index contributed by atoms with van der Waals surface area (Å²) in [6.07, 6.45) is 3.53. The predicted octanol–water partition coefficient (Wildman–Crippen LogP) is 2.86. The normalized spacial score (nSPS) is 15.2. The third-order valence-corrected chi connectivity index (χ3v) is 5.18. The molecule has 0 spiro atoms. The third kappa shape index (κ3) is 2.87. The summed E-state index contributed by atoms with van der Waals surface area (Å²) in [6.45, 7) is 3.10. The topological polar surface area (TPSA) is 58.2 Å². The van der Waals surface area contributed by atoms with E-state index in [9.17, 15) is 4.79 Å². The molecule has 1 aromatic carbocycles. The molecule has 0 unspecified atom stereocenters. The monoisotopic (exact) mass is 327 g/mol. The van der Waals surface area contributed by atoms with Crippen LogP contribution in [-0.4, -0.2) is 42.6 Å². The summed E-state index contributed by atoms with van der Waals surface area (Å²) in [5.41, 5.74) is 3.12. The molecular weight excluding hydrogens is 310 g/mol. The Labute approximate surface area is 137 Å². The van der Waals surface area contributed by atoms with Gasteiger partial charge in [0.25, 0.3) is 0 Å². The molecule has 0 aliphatic carbocycles. The smallest absolute Gasteiger partial charge is 0.186 e. The molecule has 0 radical (unpaired) electrons. The van der Waals surface area contributed by atoms with Crippen molar-refractivity contribution in [2.75, 3.05) is 31.2 Å². The fourth-order valence-corrected chi connectivity index (χ4v) is 3.81. The van der Waals surface area contributed by atoms with E-state index in [1.165, 1.54) is 16.7 Å². The summed E-state index contributed by atoms with van der Waals surface area (Å²) in [7, 11) is 0. The Kier molecular flexibility index (Phi) is 3.85. The van der Waals surface area contributed by atoms with Crippen molar-refractivity contribution in [2.45, 2.75) is 6.42 Å². The van der Waals surface area contributed by atoms with Gasteiger partial charge in [0.15, 0.2) is 11.4 Å². The molecule has 0 atom stereocenters. The van der Waals surface area contributed by atoms with Crippen LogP contribution in [0.2, 0.25) is 0 Å². The van der Waals surface area contributed by atoms with Crippen LogP contribution in [-0.2, 0) is 11.2 Å². The predicted molar refractivity (Wildman–Crippen MR) is 91.6 cm³/mol. The number of morpholine rings is 1. The number of nitrogens with zero attached hydrogens (tertiary/aromatic N) is 2. The first kappa shape index (κ1) is 14.4. The average molecular weight is 327 g/mol. The van der Waals surface area contributed by atoms with E-state index >= 15 is 0 Å². The van der Waals surface area contributed by atoms with E-state index in [0.717, 1.165) is 59.4 Å². The Morgan fingerprint density at radius 2 is 2.17 bits per heavy atom. The van der Waals surface area contributed by atoms with Gasteiger partial charge in [-0.3, -0.25) is 4.79 Å². The van der Waals surface area contributed by atoms with Crippen LogP contribution in [0.5, 0.6) is 0 Å². The van der Waals surface area contributed by atoms with Crippen LogP contribution in [0.3, 0.4) is 0 Å². The molecule has 118 valence electrons. The molecule has 2 aromatic heterocycles. The number of anilines is 1. The van der Waals surface area contributed by atoms with Crippen LogP contribution in [0.1, 0.15) is 20.9 Å². The summed E-state index contributed by atoms with van der Waals surface area (Å²) in [5, 5.41) is 2.11. The number of ether oxygens (including phenoxy) is 1. The van der Waals surface area contributed by atoms with Crippen molar-refractivity contribution >= 4 is 33.7 Å². The third-order valence-electron chi connectivity index (χ3n) is 4.10. The van der Waals surface area contributed by atoms with E-state index in [2.05, 4.69) is 34.1 Å². The zero-order valence-corrected chi connectivity index (χ0v) is 13.4. The number of thiazole rings is 1. The highest BCUT2D eigenvalue weighted by atomic mass is 32.1. The van der Waals surface area contributed by atoms with Gasteiger partial charge in [-0.2, -0.15) is 0 Å². The maximum atomic E-state index is 11.4. The molecule has 3 heterocycles. The van der Waals surface area contributed by atoms with Crippen molar-refractivity contribution in [1.29, 1.82) is 0 Å². The van der Waals surface area contributed by atoms with Gasteiger partial charge >= 0.3 is 0 Å². The number of aldehydes is 1. The number of aromatic amines is 1. The number of rotatable bonds is 4.